The highest BCUT2D eigenvalue weighted by Gasteiger charge is 2.49. The van der Waals surface area contributed by atoms with Crippen LogP contribution >= 0.6 is 23.4 Å². The molecule has 0 amide bonds. The Bertz CT molecular complexity index is 1010. The Morgan fingerprint density at radius 1 is 1.32 bits per heavy atom. The van der Waals surface area contributed by atoms with Crippen LogP contribution < -0.4 is 0 Å². The van der Waals surface area contributed by atoms with E-state index < -0.39 is 42.0 Å². The number of carboxylic acids is 1. The first-order valence-electron chi connectivity index (χ1n) is 9.23. The largest absolute Gasteiger partial charge is 0.476 e. The van der Waals surface area contributed by atoms with E-state index in [4.69, 9.17) is 31.3 Å². The second-order valence-corrected chi connectivity index (χ2v) is 8.41. The summed E-state index contributed by atoms with van der Waals surface area (Å²) >= 11 is 6.89. The monoisotopic (exact) mass is 464 g/mol. The molecular formula is C19H17ClN4O6S. The number of carbonyl (C=O) groups is 1. The Hall–Kier alpha value is -2.37. The number of fused-ring (bicyclic) bond motifs is 1. The van der Waals surface area contributed by atoms with E-state index in [1.807, 2.05) is 30.3 Å². The Balaban J connectivity index is 1.58. The lowest BCUT2D eigenvalue weighted by molar-refractivity contribution is -0.297. The fourth-order valence-corrected chi connectivity index (χ4v) is 4.86. The molecule has 2 aromatic rings. The van der Waals surface area contributed by atoms with Crippen molar-refractivity contribution in [2.45, 2.75) is 41.0 Å². The van der Waals surface area contributed by atoms with E-state index in [2.05, 4.69) is 15.0 Å². The lowest BCUT2D eigenvalue weighted by Gasteiger charge is -2.46. The number of thioether (sulfide) groups is 1. The van der Waals surface area contributed by atoms with Gasteiger partial charge in [-0.3, -0.25) is 0 Å². The van der Waals surface area contributed by atoms with Crippen LogP contribution in [0, 0.1) is 0 Å². The van der Waals surface area contributed by atoms with Crippen molar-refractivity contribution in [2.24, 2.45) is 5.11 Å². The zero-order chi connectivity index (χ0) is 22.0. The van der Waals surface area contributed by atoms with Crippen molar-refractivity contribution < 1.29 is 29.2 Å². The van der Waals surface area contributed by atoms with Crippen molar-refractivity contribution in [1.82, 2.24) is 4.98 Å². The van der Waals surface area contributed by atoms with E-state index in [-0.39, 0.29) is 22.2 Å². The summed E-state index contributed by atoms with van der Waals surface area (Å²) < 4.78 is 17.7. The molecule has 2 fully saturated rings. The molecule has 0 saturated carbocycles. The minimum Gasteiger partial charge on any atom is -0.476 e. The number of aliphatic hydroxyl groups excluding tert-OH is 1. The summed E-state index contributed by atoms with van der Waals surface area (Å²) in [7, 11) is 0. The van der Waals surface area contributed by atoms with Crippen LogP contribution in [0.5, 0.6) is 0 Å². The number of aromatic carboxylic acids is 1. The number of nitrogens with zero attached hydrogens (tertiary/aromatic N) is 4. The molecule has 0 aliphatic carbocycles. The number of hydrogen-bond donors (Lipinski definition) is 2. The number of aliphatic hydroxyl groups is 1. The Morgan fingerprint density at radius 3 is 2.81 bits per heavy atom. The van der Waals surface area contributed by atoms with Gasteiger partial charge >= 0.3 is 5.97 Å². The standard InChI is InChI=1S/C19H17ClN4O6S/c20-10-6-12(13(17(26)27)22-7-10)31-19-15(25)14(23-24-21)16-11(29-19)8-28-18(30-16)9-4-2-1-3-5-9/h1-7,11,14-16,18-19,25H,8H2,(H,26,27)/t11?,14-,15?,16+,18?,19-/m1/s1. The molecule has 4 rings (SSSR count). The van der Waals surface area contributed by atoms with Gasteiger partial charge in [0.2, 0.25) is 0 Å². The molecule has 0 spiro atoms. The molecule has 10 nitrogen and oxygen atoms in total. The first-order valence-corrected chi connectivity index (χ1v) is 10.5. The minimum absolute atomic E-state index is 0.130. The van der Waals surface area contributed by atoms with E-state index in [1.54, 1.807) is 0 Å². The predicted molar refractivity (Wildman–Crippen MR) is 110 cm³/mol. The first kappa shape index (κ1) is 21.8. The molecule has 2 aliphatic rings. The van der Waals surface area contributed by atoms with Gasteiger partial charge in [0.15, 0.2) is 12.0 Å². The van der Waals surface area contributed by atoms with Crippen LogP contribution in [0.3, 0.4) is 0 Å². The van der Waals surface area contributed by atoms with Crippen LogP contribution in [0.2, 0.25) is 5.02 Å². The van der Waals surface area contributed by atoms with Crippen molar-refractivity contribution in [2.75, 3.05) is 6.61 Å². The molecule has 3 unspecified atom stereocenters. The van der Waals surface area contributed by atoms with Crippen LogP contribution in [0.4, 0.5) is 0 Å². The van der Waals surface area contributed by atoms with Gasteiger partial charge in [-0.15, -0.1) is 0 Å². The van der Waals surface area contributed by atoms with Gasteiger partial charge in [-0.2, -0.15) is 0 Å². The average molecular weight is 465 g/mol. The molecule has 1 aromatic heterocycles. The highest BCUT2D eigenvalue weighted by atomic mass is 35.5. The van der Waals surface area contributed by atoms with Gasteiger partial charge in [0, 0.05) is 21.6 Å². The Kier molecular flexibility index (Phi) is 6.63. The molecule has 0 radical (unpaired) electrons. The molecule has 162 valence electrons. The van der Waals surface area contributed by atoms with Gasteiger partial charge in [0.25, 0.3) is 0 Å². The normalized spacial score (nSPS) is 30.1. The van der Waals surface area contributed by atoms with Crippen LogP contribution in [0.25, 0.3) is 10.4 Å². The number of benzene rings is 1. The van der Waals surface area contributed by atoms with Gasteiger partial charge in [-0.05, 0) is 11.6 Å². The van der Waals surface area contributed by atoms with E-state index in [0.29, 0.717) is 0 Å². The van der Waals surface area contributed by atoms with Gasteiger partial charge in [-0.1, -0.05) is 58.8 Å². The van der Waals surface area contributed by atoms with Crippen molar-refractivity contribution >= 4 is 29.3 Å². The number of azide groups is 1. The van der Waals surface area contributed by atoms with Crippen LogP contribution in [0.1, 0.15) is 22.3 Å². The van der Waals surface area contributed by atoms with E-state index in [9.17, 15) is 15.0 Å². The fourth-order valence-electron chi connectivity index (χ4n) is 3.44. The van der Waals surface area contributed by atoms with E-state index >= 15 is 0 Å². The molecule has 3 heterocycles. The number of halogens is 1. The van der Waals surface area contributed by atoms with Crippen LogP contribution in [-0.2, 0) is 14.2 Å². The smallest absolute Gasteiger partial charge is 0.355 e. The second-order valence-electron chi connectivity index (χ2n) is 6.83. The fraction of sp³-hybridized carbons (Fsp3) is 0.368. The summed E-state index contributed by atoms with van der Waals surface area (Å²) in [4.78, 5) is 18.4. The zero-order valence-electron chi connectivity index (χ0n) is 15.8. The minimum atomic E-state index is -1.28. The lowest BCUT2D eigenvalue weighted by Crippen LogP contribution is -2.60. The maximum Gasteiger partial charge on any atom is 0.355 e. The quantitative estimate of drug-likeness (QED) is 0.388. The van der Waals surface area contributed by atoms with Crippen molar-refractivity contribution in [3.63, 3.8) is 0 Å². The third-order valence-corrected chi connectivity index (χ3v) is 6.25. The Labute approximate surface area is 185 Å². The summed E-state index contributed by atoms with van der Waals surface area (Å²) in [5.41, 5.74) is 8.64. The predicted octanol–water partition coefficient (Wildman–Crippen LogP) is 3.40. The number of rotatable bonds is 5. The molecular weight excluding hydrogens is 448 g/mol. The SMILES string of the molecule is [N-]=[N+]=N[C@@H]1C(O)[C@@H](Sc2cc(Cl)cnc2C(=O)O)OC2COC(c3ccccc3)O[C@@H]21. The van der Waals surface area contributed by atoms with Crippen LogP contribution in [-0.4, -0.2) is 57.6 Å². The summed E-state index contributed by atoms with van der Waals surface area (Å²) in [6, 6.07) is 9.68. The third kappa shape index (κ3) is 4.63. The van der Waals surface area contributed by atoms with E-state index in [1.165, 1.54) is 12.3 Å². The highest BCUT2D eigenvalue weighted by Crippen LogP contribution is 2.40. The number of carboxylic acid groups (broad SMARTS) is 1. The zero-order valence-corrected chi connectivity index (χ0v) is 17.4. The van der Waals surface area contributed by atoms with Crippen molar-refractivity contribution in [1.29, 1.82) is 0 Å². The molecule has 31 heavy (non-hydrogen) atoms. The molecule has 12 heteroatoms. The molecule has 2 aliphatic heterocycles. The summed E-state index contributed by atoms with van der Waals surface area (Å²) in [5, 5.41) is 24.2. The number of ether oxygens (including phenoxy) is 3. The Morgan fingerprint density at radius 2 is 2.10 bits per heavy atom. The maximum atomic E-state index is 11.5. The van der Waals surface area contributed by atoms with Gasteiger partial charge < -0.3 is 24.4 Å². The summed E-state index contributed by atoms with van der Waals surface area (Å²) in [6.45, 7) is 0.130. The summed E-state index contributed by atoms with van der Waals surface area (Å²) in [5.74, 6) is -1.25. The second kappa shape index (κ2) is 9.41. The van der Waals surface area contributed by atoms with Gasteiger partial charge in [-0.25, -0.2) is 9.78 Å². The molecule has 6 atom stereocenters. The molecule has 2 saturated heterocycles. The van der Waals surface area contributed by atoms with Crippen molar-refractivity contribution in [3.05, 3.63) is 69.3 Å². The number of hydrogen-bond acceptors (Lipinski definition) is 8. The van der Waals surface area contributed by atoms with Gasteiger partial charge in [0.05, 0.1) is 17.7 Å². The average Bonchev–Trinajstić information content (AvgIpc) is 2.77. The van der Waals surface area contributed by atoms with Crippen molar-refractivity contribution in [3.8, 4) is 0 Å². The summed E-state index contributed by atoms with van der Waals surface area (Å²) in [6.07, 6.45) is -2.15. The number of aromatic nitrogens is 1. The highest BCUT2D eigenvalue weighted by molar-refractivity contribution is 8.00. The lowest BCUT2D eigenvalue weighted by atomic mass is 9.97. The number of pyridine rings is 1. The van der Waals surface area contributed by atoms with Crippen LogP contribution in [0.15, 0.2) is 52.6 Å². The molecule has 0 bridgehead atoms. The first-order chi connectivity index (χ1) is 15.0. The topological polar surface area (TPSA) is 147 Å². The van der Waals surface area contributed by atoms with Gasteiger partial charge in [0.1, 0.15) is 23.7 Å². The molecule has 2 N–H and O–H groups in total. The third-order valence-electron chi connectivity index (χ3n) is 4.86. The maximum absolute atomic E-state index is 11.5. The molecule has 1 aromatic carbocycles. The van der Waals surface area contributed by atoms with E-state index in [0.717, 1.165) is 17.3 Å².